The third-order valence-electron chi connectivity index (χ3n) is 4.77. The van der Waals surface area contributed by atoms with Crippen molar-refractivity contribution < 1.29 is 4.79 Å². The fraction of sp³-hybridized carbons (Fsp3) is 0.474. The van der Waals surface area contributed by atoms with Gasteiger partial charge in [-0.1, -0.05) is 43.5 Å². The van der Waals surface area contributed by atoms with Gasteiger partial charge in [-0.2, -0.15) is 0 Å². The van der Waals surface area contributed by atoms with E-state index in [1.54, 1.807) is 6.20 Å². The second kappa shape index (κ2) is 7.44. The lowest BCUT2D eigenvalue weighted by Gasteiger charge is -2.22. The molecule has 0 atom stereocenters. The molecule has 0 aliphatic heterocycles. The number of benzene rings is 1. The molecule has 0 unspecified atom stereocenters. The summed E-state index contributed by atoms with van der Waals surface area (Å²) in [5.41, 5.74) is 2.58. The number of nitrogens with one attached hydrogen (secondary N) is 1. The smallest absolute Gasteiger partial charge is 0.287 e. The van der Waals surface area contributed by atoms with Crippen molar-refractivity contribution in [1.29, 1.82) is 0 Å². The van der Waals surface area contributed by atoms with Crippen molar-refractivity contribution in [1.82, 2.24) is 14.9 Å². The fourth-order valence-electron chi connectivity index (χ4n) is 3.38. The number of hydrogen-bond acceptors (Lipinski definition) is 2. The SMILES string of the molecule is CCn1ccnc1C(=O)NCc1ccc(C2CCCCC2)cc1. The third kappa shape index (κ3) is 3.81. The Morgan fingerprint density at radius 2 is 1.96 bits per heavy atom. The van der Waals surface area contributed by atoms with E-state index in [0.717, 1.165) is 18.0 Å². The van der Waals surface area contributed by atoms with Gasteiger partial charge in [0.25, 0.3) is 5.91 Å². The van der Waals surface area contributed by atoms with Crippen LogP contribution in [0.2, 0.25) is 0 Å². The van der Waals surface area contributed by atoms with Crippen molar-refractivity contribution in [2.24, 2.45) is 0 Å². The van der Waals surface area contributed by atoms with Crippen LogP contribution in [0.1, 0.15) is 66.7 Å². The molecule has 1 aromatic carbocycles. The molecule has 3 rings (SSSR count). The summed E-state index contributed by atoms with van der Waals surface area (Å²) in [5, 5.41) is 2.95. The Morgan fingerprint density at radius 3 is 2.65 bits per heavy atom. The predicted octanol–water partition coefficient (Wildman–Crippen LogP) is 3.88. The number of aromatic nitrogens is 2. The number of aryl methyl sites for hydroxylation is 1. The molecule has 0 radical (unpaired) electrons. The Morgan fingerprint density at radius 1 is 1.22 bits per heavy atom. The number of amides is 1. The highest BCUT2D eigenvalue weighted by atomic mass is 16.2. The van der Waals surface area contributed by atoms with Crippen LogP contribution >= 0.6 is 0 Å². The van der Waals surface area contributed by atoms with Crippen LogP contribution in [0.25, 0.3) is 0 Å². The Bertz CT molecular complexity index is 639. The maximum Gasteiger partial charge on any atom is 0.287 e. The summed E-state index contributed by atoms with van der Waals surface area (Å²) in [4.78, 5) is 16.3. The van der Waals surface area contributed by atoms with Gasteiger partial charge in [-0.15, -0.1) is 0 Å². The van der Waals surface area contributed by atoms with E-state index in [4.69, 9.17) is 0 Å². The molecule has 1 aliphatic rings. The molecular weight excluding hydrogens is 286 g/mol. The minimum absolute atomic E-state index is 0.117. The largest absolute Gasteiger partial charge is 0.345 e. The molecule has 1 N–H and O–H groups in total. The molecule has 1 amide bonds. The van der Waals surface area contributed by atoms with Gasteiger partial charge in [0, 0.05) is 25.5 Å². The zero-order valence-electron chi connectivity index (χ0n) is 13.8. The molecule has 1 aromatic heterocycles. The van der Waals surface area contributed by atoms with Gasteiger partial charge in [0.15, 0.2) is 5.82 Å². The third-order valence-corrected chi connectivity index (χ3v) is 4.77. The molecule has 1 heterocycles. The Balaban J connectivity index is 1.57. The summed E-state index contributed by atoms with van der Waals surface area (Å²) in [5.74, 6) is 1.09. The minimum atomic E-state index is -0.117. The van der Waals surface area contributed by atoms with E-state index in [1.807, 2.05) is 17.7 Å². The molecular formula is C19H25N3O. The van der Waals surface area contributed by atoms with E-state index in [9.17, 15) is 4.79 Å². The van der Waals surface area contributed by atoms with Gasteiger partial charge in [-0.05, 0) is 36.8 Å². The van der Waals surface area contributed by atoms with Crippen LogP contribution < -0.4 is 5.32 Å². The Labute approximate surface area is 137 Å². The van der Waals surface area contributed by atoms with Crippen molar-refractivity contribution in [2.75, 3.05) is 0 Å². The number of carbonyl (C=O) groups excluding carboxylic acids is 1. The first kappa shape index (κ1) is 15.8. The summed E-state index contributed by atoms with van der Waals surface area (Å²) in [7, 11) is 0. The summed E-state index contributed by atoms with van der Waals surface area (Å²) in [6.07, 6.45) is 10.2. The van der Waals surface area contributed by atoms with Crippen molar-refractivity contribution in [3.8, 4) is 0 Å². The molecule has 0 bridgehead atoms. The molecule has 0 spiro atoms. The van der Waals surface area contributed by atoms with Crippen LogP contribution in [0.15, 0.2) is 36.7 Å². The first-order valence-electron chi connectivity index (χ1n) is 8.66. The summed E-state index contributed by atoms with van der Waals surface area (Å²) in [6, 6.07) is 8.72. The quantitative estimate of drug-likeness (QED) is 0.911. The monoisotopic (exact) mass is 311 g/mol. The van der Waals surface area contributed by atoms with Gasteiger partial charge in [0.2, 0.25) is 0 Å². The normalized spacial score (nSPS) is 15.5. The number of nitrogens with zero attached hydrogens (tertiary/aromatic N) is 2. The van der Waals surface area contributed by atoms with Crippen molar-refractivity contribution >= 4 is 5.91 Å². The second-order valence-electron chi connectivity index (χ2n) is 6.30. The van der Waals surface area contributed by atoms with E-state index < -0.39 is 0 Å². The predicted molar refractivity (Wildman–Crippen MR) is 91.3 cm³/mol. The van der Waals surface area contributed by atoms with Crippen LogP contribution in [-0.4, -0.2) is 15.5 Å². The summed E-state index contributed by atoms with van der Waals surface area (Å²) < 4.78 is 1.85. The first-order valence-corrected chi connectivity index (χ1v) is 8.66. The van der Waals surface area contributed by atoms with Crippen molar-refractivity contribution in [2.45, 2.75) is 58.0 Å². The lowest BCUT2D eigenvalue weighted by Crippen LogP contribution is -2.26. The molecule has 1 saturated carbocycles. The second-order valence-corrected chi connectivity index (χ2v) is 6.30. The van der Waals surface area contributed by atoms with E-state index in [-0.39, 0.29) is 5.91 Å². The van der Waals surface area contributed by atoms with Crippen molar-refractivity contribution in [3.63, 3.8) is 0 Å². The van der Waals surface area contributed by atoms with Crippen LogP contribution in [-0.2, 0) is 13.1 Å². The lowest BCUT2D eigenvalue weighted by molar-refractivity contribution is 0.0936. The summed E-state index contributed by atoms with van der Waals surface area (Å²) in [6.45, 7) is 3.29. The highest BCUT2D eigenvalue weighted by Crippen LogP contribution is 2.32. The van der Waals surface area contributed by atoms with Gasteiger partial charge in [-0.25, -0.2) is 4.98 Å². The van der Waals surface area contributed by atoms with Gasteiger partial charge >= 0.3 is 0 Å². The molecule has 4 heteroatoms. The molecule has 0 saturated heterocycles. The average Bonchev–Trinajstić information content (AvgIpc) is 3.10. The van der Waals surface area contributed by atoms with Crippen LogP contribution in [0.5, 0.6) is 0 Å². The Kier molecular flexibility index (Phi) is 5.11. The van der Waals surface area contributed by atoms with Crippen LogP contribution in [0.4, 0.5) is 0 Å². The summed E-state index contributed by atoms with van der Waals surface area (Å²) >= 11 is 0. The zero-order valence-corrected chi connectivity index (χ0v) is 13.8. The van der Waals surface area contributed by atoms with Crippen molar-refractivity contribution in [3.05, 3.63) is 53.6 Å². The van der Waals surface area contributed by atoms with Gasteiger partial charge in [0.05, 0.1) is 0 Å². The van der Waals surface area contributed by atoms with E-state index in [1.165, 1.54) is 37.7 Å². The number of hydrogen-bond donors (Lipinski definition) is 1. The first-order chi connectivity index (χ1) is 11.3. The maximum atomic E-state index is 12.2. The number of imidazole rings is 1. The average molecular weight is 311 g/mol. The fourth-order valence-corrected chi connectivity index (χ4v) is 3.38. The standard InChI is InChI=1S/C19H25N3O/c1-2-22-13-12-20-18(22)19(23)21-14-15-8-10-17(11-9-15)16-6-4-3-5-7-16/h8-13,16H,2-7,14H2,1H3,(H,21,23). The highest BCUT2D eigenvalue weighted by molar-refractivity contribution is 5.90. The lowest BCUT2D eigenvalue weighted by atomic mass is 9.84. The molecule has 122 valence electrons. The van der Waals surface area contributed by atoms with Crippen LogP contribution in [0.3, 0.4) is 0 Å². The number of rotatable bonds is 5. The number of carbonyl (C=O) groups is 1. The molecule has 1 aliphatic carbocycles. The molecule has 2 aromatic rings. The zero-order chi connectivity index (χ0) is 16.1. The van der Waals surface area contributed by atoms with E-state index in [0.29, 0.717) is 12.4 Å². The highest BCUT2D eigenvalue weighted by Gasteiger charge is 2.15. The van der Waals surface area contributed by atoms with E-state index >= 15 is 0 Å². The topological polar surface area (TPSA) is 46.9 Å². The molecule has 4 nitrogen and oxygen atoms in total. The van der Waals surface area contributed by atoms with Gasteiger partial charge in [-0.3, -0.25) is 4.79 Å². The minimum Gasteiger partial charge on any atom is -0.345 e. The molecule has 23 heavy (non-hydrogen) atoms. The van der Waals surface area contributed by atoms with Gasteiger partial charge < -0.3 is 9.88 Å². The van der Waals surface area contributed by atoms with Crippen LogP contribution in [0, 0.1) is 0 Å². The Hall–Kier alpha value is -2.10. The maximum absolute atomic E-state index is 12.2. The van der Waals surface area contributed by atoms with Gasteiger partial charge in [0.1, 0.15) is 0 Å². The van der Waals surface area contributed by atoms with E-state index in [2.05, 4.69) is 34.6 Å². The molecule has 1 fully saturated rings.